The van der Waals surface area contributed by atoms with Crippen molar-refractivity contribution in [1.82, 2.24) is 10.3 Å². The molecule has 8 heteroatoms. The number of hydrogen-bond donors (Lipinski definition) is 1. The molecule has 1 N–H and O–H groups in total. The lowest BCUT2D eigenvalue weighted by Crippen LogP contribution is -2.62. The van der Waals surface area contributed by atoms with Crippen molar-refractivity contribution in [1.29, 1.82) is 0 Å². The van der Waals surface area contributed by atoms with E-state index in [1.54, 1.807) is 20.8 Å². The van der Waals surface area contributed by atoms with Gasteiger partial charge in [0.05, 0.1) is 6.54 Å². The lowest BCUT2D eigenvalue weighted by Gasteiger charge is -2.34. The lowest BCUT2D eigenvalue weighted by molar-refractivity contribution is -0.143. The average Bonchev–Trinajstić information content (AvgIpc) is 2.37. The highest BCUT2D eigenvalue weighted by Crippen LogP contribution is 2.12. The topological polar surface area (TPSA) is 97.3 Å². The van der Waals surface area contributed by atoms with Crippen LogP contribution in [0.5, 0.6) is 0 Å². The van der Waals surface area contributed by atoms with Crippen molar-refractivity contribution >= 4 is 24.2 Å². The Bertz CT molecular complexity index is 467. The van der Waals surface area contributed by atoms with Gasteiger partial charge in [-0.15, -0.1) is 0 Å². The molecule has 1 rings (SSSR count). The average molecular weight is 297 g/mol. The maximum Gasteiger partial charge on any atom is 0.408 e. The van der Waals surface area contributed by atoms with Crippen molar-refractivity contribution in [2.24, 2.45) is 5.10 Å². The first kappa shape index (κ1) is 16.7. The summed E-state index contributed by atoms with van der Waals surface area (Å²) in [5, 5.41) is 7.12. The second-order valence-electron chi connectivity index (χ2n) is 5.28. The van der Waals surface area contributed by atoms with Crippen LogP contribution in [0.4, 0.5) is 4.79 Å². The van der Waals surface area contributed by atoms with Crippen molar-refractivity contribution in [3.8, 4) is 0 Å². The number of amides is 2. The van der Waals surface area contributed by atoms with Crippen molar-refractivity contribution in [2.45, 2.75) is 32.4 Å². The number of hydrazone groups is 1. The second-order valence-corrected chi connectivity index (χ2v) is 5.28. The molecular formula is C13H19N3O5. The number of nitrogens with one attached hydrogen (secondary N) is 1. The molecule has 0 aromatic rings. The molecule has 0 aliphatic carbocycles. The normalized spacial score (nSPS) is 18.1. The predicted octanol–water partition coefficient (Wildman–Crippen LogP) is 0.437. The molecule has 116 valence electrons. The summed E-state index contributed by atoms with van der Waals surface area (Å²) in [6.07, 6.45) is 1.64. The predicted molar refractivity (Wildman–Crippen MR) is 74.5 cm³/mol. The third-order valence-electron chi connectivity index (χ3n) is 2.24. The summed E-state index contributed by atoms with van der Waals surface area (Å²) < 4.78 is 9.69. The van der Waals surface area contributed by atoms with Crippen LogP contribution in [0.2, 0.25) is 0 Å². The number of alkyl carbamates (subject to hydrolysis) is 1. The van der Waals surface area contributed by atoms with Gasteiger partial charge < -0.3 is 14.8 Å². The van der Waals surface area contributed by atoms with E-state index in [1.165, 1.54) is 6.08 Å². The van der Waals surface area contributed by atoms with Gasteiger partial charge in [-0.1, -0.05) is 12.7 Å². The maximum atomic E-state index is 11.7. The van der Waals surface area contributed by atoms with E-state index in [9.17, 15) is 14.4 Å². The molecule has 1 atom stereocenters. The van der Waals surface area contributed by atoms with Crippen LogP contribution in [0, 0.1) is 0 Å². The largest absolute Gasteiger partial charge is 0.457 e. The van der Waals surface area contributed by atoms with Gasteiger partial charge in [-0.2, -0.15) is 5.10 Å². The molecule has 1 saturated heterocycles. The zero-order valence-electron chi connectivity index (χ0n) is 12.3. The van der Waals surface area contributed by atoms with E-state index >= 15 is 0 Å². The Morgan fingerprint density at radius 3 is 2.71 bits per heavy atom. The molecular weight excluding hydrogens is 278 g/mol. The molecule has 1 heterocycles. The first-order chi connectivity index (χ1) is 9.73. The third kappa shape index (κ3) is 5.64. The molecule has 2 amide bonds. The first-order valence-electron chi connectivity index (χ1n) is 6.35. The number of esters is 1. The van der Waals surface area contributed by atoms with E-state index in [0.717, 1.165) is 11.2 Å². The van der Waals surface area contributed by atoms with E-state index < -0.39 is 29.6 Å². The summed E-state index contributed by atoms with van der Waals surface area (Å²) in [5.41, 5.74) is -0.635. The highest BCUT2D eigenvalue weighted by atomic mass is 16.6. The fraction of sp³-hybridized carbons (Fsp3) is 0.538. The van der Waals surface area contributed by atoms with Crippen LogP contribution in [-0.2, 0) is 19.1 Å². The zero-order chi connectivity index (χ0) is 16.0. The SMILES string of the molecule is C=CCOC(=O)C=NN1C[C@H](NC(=O)OC(C)(C)C)C1=O. The van der Waals surface area contributed by atoms with Gasteiger partial charge in [0.1, 0.15) is 24.5 Å². The Morgan fingerprint density at radius 1 is 1.52 bits per heavy atom. The van der Waals surface area contributed by atoms with Crippen LogP contribution in [0.15, 0.2) is 17.8 Å². The Morgan fingerprint density at radius 2 is 2.19 bits per heavy atom. The number of carbonyl (C=O) groups is 3. The van der Waals surface area contributed by atoms with Gasteiger partial charge in [-0.05, 0) is 20.8 Å². The number of carbonyl (C=O) groups excluding carboxylic acids is 3. The summed E-state index contributed by atoms with van der Waals surface area (Å²) in [7, 11) is 0. The number of hydrogen-bond acceptors (Lipinski definition) is 6. The summed E-state index contributed by atoms with van der Waals surface area (Å²) in [6, 6.07) is -0.693. The van der Waals surface area contributed by atoms with Crippen LogP contribution in [0.25, 0.3) is 0 Å². The molecule has 0 aromatic heterocycles. The van der Waals surface area contributed by atoms with E-state index in [4.69, 9.17) is 4.74 Å². The van der Waals surface area contributed by atoms with Gasteiger partial charge in [0.15, 0.2) is 0 Å². The van der Waals surface area contributed by atoms with Crippen LogP contribution in [0.1, 0.15) is 20.8 Å². The van der Waals surface area contributed by atoms with E-state index in [0.29, 0.717) is 0 Å². The highest BCUT2D eigenvalue weighted by molar-refractivity contribution is 6.23. The van der Waals surface area contributed by atoms with Gasteiger partial charge in [0, 0.05) is 0 Å². The van der Waals surface area contributed by atoms with Crippen LogP contribution < -0.4 is 5.32 Å². The van der Waals surface area contributed by atoms with Gasteiger partial charge in [0.2, 0.25) is 0 Å². The third-order valence-corrected chi connectivity index (χ3v) is 2.24. The minimum Gasteiger partial charge on any atom is -0.457 e. The fourth-order valence-electron chi connectivity index (χ4n) is 1.36. The lowest BCUT2D eigenvalue weighted by atomic mass is 10.1. The van der Waals surface area contributed by atoms with Gasteiger partial charge in [-0.25, -0.2) is 14.6 Å². The molecule has 1 aliphatic heterocycles. The zero-order valence-corrected chi connectivity index (χ0v) is 12.3. The molecule has 0 radical (unpaired) electrons. The van der Waals surface area contributed by atoms with E-state index in [2.05, 4.69) is 21.7 Å². The summed E-state index contributed by atoms with van der Waals surface area (Å²) >= 11 is 0. The number of rotatable bonds is 5. The van der Waals surface area contributed by atoms with Crippen molar-refractivity contribution in [3.63, 3.8) is 0 Å². The minimum atomic E-state index is -0.693. The van der Waals surface area contributed by atoms with Crippen molar-refractivity contribution in [2.75, 3.05) is 13.2 Å². The molecule has 0 spiro atoms. The van der Waals surface area contributed by atoms with Crippen molar-refractivity contribution in [3.05, 3.63) is 12.7 Å². The number of β-lactam (4-membered cyclic amide) rings is 1. The Balaban J connectivity index is 2.35. The van der Waals surface area contributed by atoms with Crippen molar-refractivity contribution < 1.29 is 23.9 Å². The monoisotopic (exact) mass is 297 g/mol. The van der Waals surface area contributed by atoms with Gasteiger partial charge >= 0.3 is 12.1 Å². The highest BCUT2D eigenvalue weighted by Gasteiger charge is 2.38. The van der Waals surface area contributed by atoms with E-state index in [1.807, 2.05) is 0 Å². The molecule has 0 aromatic carbocycles. The van der Waals surface area contributed by atoms with Gasteiger partial charge in [0.25, 0.3) is 5.91 Å². The Labute approximate surface area is 122 Å². The standard InChI is InChI=1S/C13H19N3O5/c1-5-6-20-10(17)7-14-16-8-9(11(16)18)15-12(19)21-13(2,3)4/h5,7,9H,1,6,8H2,2-4H3,(H,15,19)/t9-/m0/s1. The Kier molecular flexibility index (Phi) is 5.45. The first-order valence-corrected chi connectivity index (χ1v) is 6.35. The van der Waals surface area contributed by atoms with Gasteiger partial charge in [-0.3, -0.25) is 4.79 Å². The molecule has 8 nitrogen and oxygen atoms in total. The quantitative estimate of drug-likeness (QED) is 0.343. The van der Waals surface area contributed by atoms with E-state index in [-0.39, 0.29) is 13.2 Å². The summed E-state index contributed by atoms with van der Waals surface area (Å²) in [6.45, 7) is 8.80. The maximum absolute atomic E-state index is 11.7. The smallest absolute Gasteiger partial charge is 0.408 e. The molecule has 1 fully saturated rings. The van der Waals surface area contributed by atoms with Crippen LogP contribution >= 0.6 is 0 Å². The summed E-state index contributed by atoms with van der Waals surface area (Å²) in [4.78, 5) is 34.3. The number of nitrogens with zero attached hydrogens (tertiary/aromatic N) is 2. The second kappa shape index (κ2) is 6.87. The number of ether oxygens (including phenoxy) is 2. The molecule has 21 heavy (non-hydrogen) atoms. The Hall–Kier alpha value is -2.38. The molecule has 0 unspecified atom stereocenters. The van der Waals surface area contributed by atoms with Crippen LogP contribution in [0.3, 0.4) is 0 Å². The fourth-order valence-corrected chi connectivity index (χ4v) is 1.36. The summed E-state index contributed by atoms with van der Waals surface area (Å²) in [5.74, 6) is -1.10. The molecule has 0 bridgehead atoms. The molecule has 0 saturated carbocycles. The molecule has 1 aliphatic rings. The van der Waals surface area contributed by atoms with Crippen LogP contribution in [-0.4, -0.2) is 54.0 Å². The minimum absolute atomic E-state index is 0.0711.